The zero-order chi connectivity index (χ0) is 33.2. The number of aliphatic hydroxyl groups is 1. The maximum atomic E-state index is 14.2. The van der Waals surface area contributed by atoms with Crippen molar-refractivity contribution < 1.29 is 33.3 Å². The van der Waals surface area contributed by atoms with Gasteiger partial charge in [-0.25, -0.2) is 14.8 Å². The summed E-state index contributed by atoms with van der Waals surface area (Å²) >= 11 is 0. The molecule has 3 aromatic rings. The second-order valence-corrected chi connectivity index (χ2v) is 11.6. The lowest BCUT2D eigenvalue weighted by atomic mass is 9.83. The molecule has 1 aliphatic rings. The number of hydrazine groups is 1. The zero-order valence-electron chi connectivity index (χ0n) is 25.9. The van der Waals surface area contributed by atoms with E-state index >= 15 is 0 Å². The Labute approximate surface area is 266 Å². The molecule has 0 bridgehead atoms. The van der Waals surface area contributed by atoms with Gasteiger partial charge in [0.15, 0.2) is 11.6 Å². The van der Waals surface area contributed by atoms with Gasteiger partial charge >= 0.3 is 5.97 Å². The molecule has 3 aromatic carbocycles. The first-order chi connectivity index (χ1) is 22.0. The Hall–Kier alpha value is -4.97. The number of ether oxygens (including phenoxy) is 3. The third-order valence-corrected chi connectivity index (χ3v) is 6.92. The van der Waals surface area contributed by atoms with Crippen LogP contribution < -0.4 is 15.6 Å². The molecule has 1 heterocycles. The first-order valence-electron chi connectivity index (χ1n) is 14.8. The minimum Gasteiger partial charge on any atom is -0.494 e. The maximum absolute atomic E-state index is 14.2. The molecule has 1 amide bonds. The van der Waals surface area contributed by atoms with Crippen molar-refractivity contribution in [1.29, 1.82) is 0 Å². The molecular weight excluding hydrogens is 595 g/mol. The van der Waals surface area contributed by atoms with Gasteiger partial charge in [-0.2, -0.15) is 0 Å². The highest BCUT2D eigenvalue weighted by molar-refractivity contribution is 6.01. The number of rotatable bonds is 14. The van der Waals surface area contributed by atoms with Crippen molar-refractivity contribution >= 4 is 23.5 Å². The van der Waals surface area contributed by atoms with Crippen molar-refractivity contribution in [2.24, 2.45) is 10.1 Å². The van der Waals surface area contributed by atoms with E-state index < -0.39 is 34.9 Å². The Morgan fingerprint density at radius 1 is 1.13 bits per heavy atom. The summed E-state index contributed by atoms with van der Waals surface area (Å²) in [5.41, 5.74) is 14.0. The second-order valence-electron chi connectivity index (χ2n) is 11.6. The normalized spacial score (nSPS) is 17.3. The molecular formula is C33H37FN6O6. The highest BCUT2D eigenvalue weighted by atomic mass is 19.1. The minimum atomic E-state index is -1.74. The van der Waals surface area contributed by atoms with Crippen LogP contribution in [0.3, 0.4) is 0 Å². The van der Waals surface area contributed by atoms with E-state index in [2.05, 4.69) is 20.9 Å². The van der Waals surface area contributed by atoms with Crippen molar-refractivity contribution in [3.63, 3.8) is 0 Å². The van der Waals surface area contributed by atoms with Gasteiger partial charge in [-0.05, 0) is 74.7 Å². The Kier molecular flexibility index (Phi) is 11.3. The third kappa shape index (κ3) is 8.81. The Bertz CT molecular complexity index is 1600. The van der Waals surface area contributed by atoms with E-state index in [0.717, 1.165) is 0 Å². The number of esters is 1. The first-order valence-corrected chi connectivity index (χ1v) is 14.8. The number of carbonyl (C=O) groups excluding carboxylic acids is 2. The molecule has 46 heavy (non-hydrogen) atoms. The van der Waals surface area contributed by atoms with Crippen LogP contribution in [0.15, 0.2) is 82.9 Å². The van der Waals surface area contributed by atoms with Gasteiger partial charge in [-0.1, -0.05) is 41.5 Å². The van der Waals surface area contributed by atoms with Crippen molar-refractivity contribution in [3.8, 4) is 5.75 Å². The Morgan fingerprint density at radius 3 is 2.59 bits per heavy atom. The topological polar surface area (TPSA) is 167 Å². The average molecular weight is 633 g/mol. The predicted octanol–water partition coefficient (Wildman–Crippen LogP) is 5.73. The quantitative estimate of drug-likeness (QED) is 0.0509. The van der Waals surface area contributed by atoms with Crippen molar-refractivity contribution in [1.82, 2.24) is 10.9 Å². The smallest absolute Gasteiger partial charge is 0.306 e. The molecule has 242 valence electrons. The lowest BCUT2D eigenvalue weighted by Gasteiger charge is -2.31. The lowest BCUT2D eigenvalue weighted by Crippen LogP contribution is -2.52. The fourth-order valence-electron chi connectivity index (χ4n) is 4.86. The number of nitrogens with one attached hydrogen (secondary N) is 2. The molecule has 2 atom stereocenters. The van der Waals surface area contributed by atoms with Gasteiger partial charge in [-0.3, -0.25) is 15.0 Å². The number of halogens is 1. The number of benzene rings is 3. The van der Waals surface area contributed by atoms with Crippen LogP contribution in [0.4, 0.5) is 10.1 Å². The highest BCUT2D eigenvalue weighted by Crippen LogP contribution is 2.46. The lowest BCUT2D eigenvalue weighted by molar-refractivity contribution is -0.155. The molecule has 4 rings (SSSR count). The van der Waals surface area contributed by atoms with Gasteiger partial charge in [0, 0.05) is 47.7 Å². The minimum absolute atomic E-state index is 0.00593. The van der Waals surface area contributed by atoms with Crippen LogP contribution in [0.2, 0.25) is 0 Å². The third-order valence-electron chi connectivity index (χ3n) is 6.92. The largest absolute Gasteiger partial charge is 0.494 e. The van der Waals surface area contributed by atoms with Crippen LogP contribution in [-0.2, 0) is 25.6 Å². The number of hydrogen-bond acceptors (Lipinski definition) is 9. The van der Waals surface area contributed by atoms with Crippen molar-refractivity contribution in [3.05, 3.63) is 106 Å². The summed E-state index contributed by atoms with van der Waals surface area (Å²) in [4.78, 5) is 34.9. The summed E-state index contributed by atoms with van der Waals surface area (Å²) in [6, 6.07) is 19.4. The molecule has 0 saturated heterocycles. The van der Waals surface area contributed by atoms with Gasteiger partial charge in [0.2, 0.25) is 5.90 Å². The summed E-state index contributed by atoms with van der Waals surface area (Å²) in [6.07, 6.45) is -0.960. The highest BCUT2D eigenvalue weighted by Gasteiger charge is 2.54. The Morgan fingerprint density at radius 2 is 1.89 bits per heavy atom. The standard InChI is InChI=1S/C33H37FN6O6/c1-32(2,3)46-28(42)16-17-33(31(43)39-36-21-22-8-6-9-24(34)20-22)29(26-10-4-5-11-27(26)38-40-35)45-30(37-33)23-12-14-25(15-13-23)44-19-7-18-41/h4-6,8-15,20,29,36,41H,7,16-19,21H2,1-3H3,(H,39,43)/t29-,33-/m0/s1. The summed E-state index contributed by atoms with van der Waals surface area (Å²) < 4.78 is 31.3. The summed E-state index contributed by atoms with van der Waals surface area (Å²) in [5, 5.41) is 12.9. The molecule has 0 aliphatic carbocycles. The van der Waals surface area contributed by atoms with Gasteiger partial charge in [-0.15, -0.1) is 0 Å². The van der Waals surface area contributed by atoms with Crippen LogP contribution >= 0.6 is 0 Å². The second kappa shape index (κ2) is 15.3. The van der Waals surface area contributed by atoms with E-state index in [1.165, 1.54) is 12.1 Å². The van der Waals surface area contributed by atoms with Crippen molar-refractivity contribution in [2.45, 2.75) is 63.8 Å². The zero-order valence-corrected chi connectivity index (χ0v) is 25.9. The summed E-state index contributed by atoms with van der Waals surface area (Å²) in [5.74, 6) is -0.907. The van der Waals surface area contributed by atoms with E-state index in [1.54, 1.807) is 81.4 Å². The summed E-state index contributed by atoms with van der Waals surface area (Å²) in [7, 11) is 0. The summed E-state index contributed by atoms with van der Waals surface area (Å²) in [6.45, 7) is 5.67. The SMILES string of the molecule is CC(C)(C)OC(=O)CC[C@]1(C(=O)NNCc2cccc(F)c2)N=C(c2ccc(OCCCO)cc2)O[C@H]1c1ccccc1N=[N+]=[N-]. The number of azide groups is 1. The molecule has 13 heteroatoms. The van der Waals surface area contributed by atoms with E-state index in [1.807, 2.05) is 0 Å². The van der Waals surface area contributed by atoms with Crippen LogP contribution in [0.25, 0.3) is 10.4 Å². The molecule has 12 nitrogen and oxygen atoms in total. The van der Waals surface area contributed by atoms with E-state index in [4.69, 9.17) is 24.3 Å². The van der Waals surface area contributed by atoms with Gasteiger partial charge in [0.05, 0.1) is 6.61 Å². The van der Waals surface area contributed by atoms with Crippen molar-refractivity contribution in [2.75, 3.05) is 13.2 Å². The maximum Gasteiger partial charge on any atom is 0.306 e. The van der Waals surface area contributed by atoms with E-state index in [0.29, 0.717) is 35.5 Å². The molecule has 0 unspecified atom stereocenters. The average Bonchev–Trinajstić information content (AvgIpc) is 3.41. The molecule has 0 spiro atoms. The van der Waals surface area contributed by atoms with E-state index in [-0.39, 0.29) is 37.6 Å². The van der Waals surface area contributed by atoms with Crippen LogP contribution in [-0.4, -0.2) is 47.2 Å². The van der Waals surface area contributed by atoms with Crippen LogP contribution in [0, 0.1) is 5.82 Å². The first kappa shape index (κ1) is 33.9. The number of carbonyl (C=O) groups is 2. The molecule has 1 aliphatic heterocycles. The fourth-order valence-corrected chi connectivity index (χ4v) is 4.86. The molecule has 0 radical (unpaired) electrons. The predicted molar refractivity (Wildman–Crippen MR) is 168 cm³/mol. The van der Waals surface area contributed by atoms with Gasteiger partial charge < -0.3 is 19.3 Å². The number of nitrogens with zero attached hydrogens (tertiary/aromatic N) is 4. The number of aliphatic hydroxyl groups excluding tert-OH is 1. The molecule has 0 aromatic heterocycles. The van der Waals surface area contributed by atoms with Gasteiger partial charge in [0.1, 0.15) is 17.2 Å². The number of hydrogen-bond donors (Lipinski definition) is 3. The van der Waals surface area contributed by atoms with Crippen LogP contribution in [0.5, 0.6) is 5.75 Å². The molecule has 3 N–H and O–H groups in total. The number of amides is 1. The monoisotopic (exact) mass is 632 g/mol. The Balaban J connectivity index is 1.74. The molecule has 0 saturated carbocycles. The van der Waals surface area contributed by atoms with Crippen LogP contribution in [0.1, 0.15) is 62.8 Å². The molecule has 0 fully saturated rings. The van der Waals surface area contributed by atoms with E-state index in [9.17, 15) is 19.5 Å². The number of aliphatic imine (C=N–C) groups is 1. The fraction of sp³-hybridized carbons (Fsp3) is 0.364. The van der Waals surface area contributed by atoms with Gasteiger partial charge in [0.25, 0.3) is 5.91 Å².